The summed E-state index contributed by atoms with van der Waals surface area (Å²) in [5.41, 5.74) is 9.00. The number of nitrogens with zero attached hydrogens (tertiary/aromatic N) is 5. The van der Waals surface area contributed by atoms with Crippen molar-refractivity contribution in [2.24, 2.45) is 0 Å². The third-order valence-corrected chi connectivity index (χ3v) is 4.81. The van der Waals surface area contributed by atoms with E-state index in [-0.39, 0.29) is 0 Å². The van der Waals surface area contributed by atoms with Crippen LogP contribution in [0.15, 0.2) is 79.0 Å². The molecule has 0 unspecified atom stereocenters. The van der Waals surface area contributed by atoms with Crippen LogP contribution in [0.3, 0.4) is 0 Å². The number of anilines is 2. The smallest absolute Gasteiger partial charge is 0.0991 e. The van der Waals surface area contributed by atoms with Crippen molar-refractivity contribution in [1.29, 1.82) is 15.8 Å². The van der Waals surface area contributed by atoms with E-state index in [0.717, 1.165) is 22.5 Å². The van der Waals surface area contributed by atoms with Crippen molar-refractivity contribution < 1.29 is 0 Å². The second kappa shape index (κ2) is 8.20. The maximum Gasteiger partial charge on any atom is 0.0991 e. The number of nitrogens with one attached hydrogen (secondary N) is 1. The molecule has 0 saturated heterocycles. The van der Waals surface area contributed by atoms with Crippen LogP contribution in [-0.4, -0.2) is 6.54 Å². The van der Waals surface area contributed by atoms with Crippen molar-refractivity contribution in [3.05, 3.63) is 101 Å². The van der Waals surface area contributed by atoms with Gasteiger partial charge in [-0.2, -0.15) is 15.8 Å². The molecule has 3 aromatic carbocycles. The predicted molar refractivity (Wildman–Crippen MR) is 114 cm³/mol. The largest absolute Gasteiger partial charge is 0.286 e. The van der Waals surface area contributed by atoms with Gasteiger partial charge in [-0.1, -0.05) is 12.1 Å². The van der Waals surface area contributed by atoms with Crippen LogP contribution in [-0.2, 0) is 0 Å². The summed E-state index contributed by atoms with van der Waals surface area (Å²) in [6.07, 6.45) is 2.00. The van der Waals surface area contributed by atoms with E-state index in [1.54, 1.807) is 36.4 Å². The lowest BCUT2D eigenvalue weighted by Gasteiger charge is -2.37. The first kappa shape index (κ1) is 18.8. The van der Waals surface area contributed by atoms with E-state index in [1.807, 2.05) is 52.6 Å². The van der Waals surface area contributed by atoms with Crippen molar-refractivity contribution in [2.75, 3.05) is 16.6 Å². The zero-order valence-electron chi connectivity index (χ0n) is 15.9. The second-order valence-corrected chi connectivity index (χ2v) is 6.72. The van der Waals surface area contributed by atoms with Crippen molar-refractivity contribution in [3.8, 4) is 18.2 Å². The maximum absolute atomic E-state index is 9.07. The van der Waals surface area contributed by atoms with E-state index in [4.69, 9.17) is 15.8 Å². The number of hydrazine groups is 2. The van der Waals surface area contributed by atoms with Gasteiger partial charge < -0.3 is 0 Å². The molecule has 1 aliphatic rings. The average Bonchev–Trinajstić information content (AvgIpc) is 2.84. The molecule has 0 atom stereocenters. The molecule has 0 spiro atoms. The van der Waals surface area contributed by atoms with Crippen LogP contribution < -0.4 is 15.6 Å². The summed E-state index contributed by atoms with van der Waals surface area (Å²) < 4.78 is 0. The lowest BCUT2D eigenvalue weighted by atomic mass is 10.0. The molecule has 1 N–H and O–H groups in total. The molecule has 0 fully saturated rings. The van der Waals surface area contributed by atoms with Gasteiger partial charge in [0.25, 0.3) is 0 Å². The van der Waals surface area contributed by atoms with Gasteiger partial charge >= 0.3 is 0 Å². The summed E-state index contributed by atoms with van der Waals surface area (Å²) >= 11 is 0. The van der Waals surface area contributed by atoms with Gasteiger partial charge in [0.05, 0.1) is 52.8 Å². The highest BCUT2D eigenvalue weighted by Gasteiger charge is 2.20. The van der Waals surface area contributed by atoms with E-state index in [2.05, 4.69) is 23.7 Å². The summed E-state index contributed by atoms with van der Waals surface area (Å²) in [4.78, 5) is 0. The standard InChI is InChI=1S/C24H16N6/c25-13-18-1-7-21(8-2-18)22-16-29(23-9-3-19(14-26)4-10-23)28-30(17-22)24-11-5-20(15-27)6-12-24/h1-12,16,28H,17H2. The van der Waals surface area contributed by atoms with Crippen LogP contribution in [0.2, 0.25) is 0 Å². The maximum atomic E-state index is 9.07. The first-order chi connectivity index (χ1) is 14.7. The van der Waals surface area contributed by atoms with Gasteiger partial charge in [0.2, 0.25) is 0 Å². The molecule has 142 valence electrons. The molecular weight excluding hydrogens is 372 g/mol. The van der Waals surface area contributed by atoms with Gasteiger partial charge in [-0.15, -0.1) is 5.53 Å². The summed E-state index contributed by atoms with van der Waals surface area (Å²) in [5.74, 6) is 0. The Morgan fingerprint density at radius 2 is 1.10 bits per heavy atom. The lowest BCUT2D eigenvalue weighted by molar-refractivity contribution is 0.645. The topological polar surface area (TPSA) is 89.9 Å². The summed E-state index contributed by atoms with van der Waals surface area (Å²) in [6.45, 7) is 0.588. The Kier molecular flexibility index (Phi) is 5.14. The van der Waals surface area contributed by atoms with Gasteiger partial charge in [0, 0.05) is 6.20 Å². The number of nitriles is 3. The molecule has 0 radical (unpaired) electrons. The van der Waals surface area contributed by atoms with Crippen LogP contribution in [0, 0.1) is 34.0 Å². The molecule has 1 heterocycles. The van der Waals surface area contributed by atoms with Gasteiger partial charge in [-0.25, -0.2) is 0 Å². The third kappa shape index (κ3) is 3.84. The molecule has 0 aromatic heterocycles. The minimum atomic E-state index is 0.588. The molecular formula is C24H16N6. The van der Waals surface area contributed by atoms with E-state index < -0.39 is 0 Å². The zero-order chi connectivity index (χ0) is 20.9. The number of hydrogen-bond acceptors (Lipinski definition) is 6. The molecule has 4 rings (SSSR count). The average molecular weight is 388 g/mol. The summed E-state index contributed by atoms with van der Waals surface area (Å²) in [5, 5.41) is 31.1. The molecule has 6 nitrogen and oxygen atoms in total. The summed E-state index contributed by atoms with van der Waals surface area (Å²) in [7, 11) is 0. The van der Waals surface area contributed by atoms with E-state index >= 15 is 0 Å². The van der Waals surface area contributed by atoms with Gasteiger partial charge in [0.1, 0.15) is 0 Å². The lowest BCUT2D eigenvalue weighted by Crippen LogP contribution is -2.52. The van der Waals surface area contributed by atoms with E-state index in [9.17, 15) is 0 Å². The number of hydrogen-bond donors (Lipinski definition) is 1. The van der Waals surface area contributed by atoms with Gasteiger partial charge in [-0.05, 0) is 71.8 Å². The molecule has 6 heteroatoms. The molecule has 1 aliphatic heterocycles. The SMILES string of the molecule is N#Cc1ccc(C2=CN(c3ccc(C#N)cc3)NN(c3ccc(C#N)cc3)C2)cc1. The first-order valence-corrected chi connectivity index (χ1v) is 9.25. The Balaban J connectivity index is 1.71. The van der Waals surface area contributed by atoms with Crippen molar-refractivity contribution in [2.45, 2.75) is 0 Å². The highest BCUT2D eigenvalue weighted by Crippen LogP contribution is 2.27. The Morgan fingerprint density at radius 3 is 1.60 bits per heavy atom. The first-order valence-electron chi connectivity index (χ1n) is 9.25. The quantitative estimate of drug-likeness (QED) is 0.727. The fraction of sp³-hybridized carbons (Fsp3) is 0.0417. The van der Waals surface area contributed by atoms with Crippen molar-refractivity contribution in [1.82, 2.24) is 5.53 Å². The Bertz CT molecular complexity index is 1200. The number of rotatable bonds is 3. The van der Waals surface area contributed by atoms with Crippen LogP contribution >= 0.6 is 0 Å². The van der Waals surface area contributed by atoms with Gasteiger partial charge in [0.15, 0.2) is 0 Å². The second-order valence-electron chi connectivity index (χ2n) is 6.72. The van der Waals surface area contributed by atoms with E-state index in [0.29, 0.717) is 23.2 Å². The monoisotopic (exact) mass is 388 g/mol. The fourth-order valence-electron chi connectivity index (χ4n) is 3.18. The minimum Gasteiger partial charge on any atom is -0.286 e. The highest BCUT2D eigenvalue weighted by atomic mass is 15.8. The molecule has 0 bridgehead atoms. The van der Waals surface area contributed by atoms with Crippen molar-refractivity contribution in [3.63, 3.8) is 0 Å². The molecule has 30 heavy (non-hydrogen) atoms. The fourth-order valence-corrected chi connectivity index (χ4v) is 3.18. The van der Waals surface area contributed by atoms with Gasteiger partial charge in [-0.3, -0.25) is 10.0 Å². The Labute approximate surface area is 174 Å². The van der Waals surface area contributed by atoms with Crippen LogP contribution in [0.25, 0.3) is 5.57 Å². The third-order valence-electron chi connectivity index (χ3n) is 4.81. The predicted octanol–water partition coefficient (Wildman–Crippen LogP) is 4.09. The Morgan fingerprint density at radius 1 is 0.633 bits per heavy atom. The minimum absolute atomic E-state index is 0.588. The normalized spacial score (nSPS) is 13.0. The molecule has 0 aliphatic carbocycles. The molecule has 3 aromatic rings. The van der Waals surface area contributed by atoms with Crippen LogP contribution in [0.4, 0.5) is 11.4 Å². The van der Waals surface area contributed by atoms with Crippen LogP contribution in [0.5, 0.6) is 0 Å². The molecule has 0 amide bonds. The van der Waals surface area contributed by atoms with E-state index in [1.165, 1.54) is 0 Å². The number of benzene rings is 3. The highest BCUT2D eigenvalue weighted by molar-refractivity contribution is 5.75. The van der Waals surface area contributed by atoms with Crippen LogP contribution in [0.1, 0.15) is 22.3 Å². The van der Waals surface area contributed by atoms with Crippen molar-refractivity contribution >= 4 is 16.9 Å². The Hall–Kier alpha value is -4.57. The summed E-state index contributed by atoms with van der Waals surface area (Å²) in [6, 6.07) is 28.5. The molecule has 0 saturated carbocycles. The zero-order valence-corrected chi connectivity index (χ0v) is 15.9.